The SMILES string of the molecule is CCOc1cc(/C=C2\SC(=Nc3ccccc3)N(C3CCCCC3)C2=O)ccc1OCc1ccc([N+](=O)[O-])cc1. The molecular weight excluding hydrogens is 526 g/mol. The summed E-state index contributed by atoms with van der Waals surface area (Å²) in [5.41, 5.74) is 2.49. The van der Waals surface area contributed by atoms with Crippen LogP contribution in [0.4, 0.5) is 11.4 Å². The number of amidine groups is 1. The zero-order valence-electron chi connectivity index (χ0n) is 22.3. The number of hydrogen-bond donors (Lipinski definition) is 0. The molecule has 0 radical (unpaired) electrons. The number of rotatable bonds is 9. The van der Waals surface area contributed by atoms with E-state index >= 15 is 0 Å². The number of benzene rings is 3. The Bertz CT molecular complexity index is 1420. The molecule has 2 aliphatic rings. The van der Waals surface area contributed by atoms with Crippen LogP contribution in [0.5, 0.6) is 11.5 Å². The normalized spacial score (nSPS) is 17.9. The van der Waals surface area contributed by atoms with Gasteiger partial charge in [0.1, 0.15) is 6.61 Å². The van der Waals surface area contributed by atoms with Gasteiger partial charge in [-0.25, -0.2) is 4.99 Å². The molecule has 1 saturated heterocycles. The van der Waals surface area contributed by atoms with Crippen molar-refractivity contribution in [3.05, 3.63) is 98.9 Å². The molecule has 5 rings (SSSR count). The van der Waals surface area contributed by atoms with Crippen molar-refractivity contribution in [1.82, 2.24) is 4.90 Å². The van der Waals surface area contributed by atoms with Gasteiger partial charge in [-0.15, -0.1) is 0 Å². The topological polar surface area (TPSA) is 94.3 Å². The van der Waals surface area contributed by atoms with Gasteiger partial charge in [0, 0.05) is 18.2 Å². The lowest BCUT2D eigenvalue weighted by molar-refractivity contribution is -0.384. The summed E-state index contributed by atoms with van der Waals surface area (Å²) in [6, 6.07) is 21.8. The number of nitrogens with zero attached hydrogens (tertiary/aromatic N) is 3. The zero-order valence-corrected chi connectivity index (χ0v) is 23.1. The van der Waals surface area contributed by atoms with E-state index in [1.165, 1.54) is 30.3 Å². The highest BCUT2D eigenvalue weighted by Gasteiger charge is 2.38. The van der Waals surface area contributed by atoms with Gasteiger partial charge in [0.15, 0.2) is 16.7 Å². The monoisotopic (exact) mass is 557 g/mol. The number of non-ortho nitro benzene ring substituents is 1. The van der Waals surface area contributed by atoms with Crippen molar-refractivity contribution in [1.29, 1.82) is 0 Å². The Morgan fingerprint density at radius 1 is 1.00 bits per heavy atom. The summed E-state index contributed by atoms with van der Waals surface area (Å²) >= 11 is 1.41. The molecule has 1 aliphatic carbocycles. The fraction of sp³-hybridized carbons (Fsp3) is 0.290. The molecule has 40 heavy (non-hydrogen) atoms. The van der Waals surface area contributed by atoms with Crippen molar-refractivity contribution >= 4 is 40.3 Å². The number of carbonyl (C=O) groups is 1. The first-order valence-electron chi connectivity index (χ1n) is 13.5. The summed E-state index contributed by atoms with van der Waals surface area (Å²) in [5, 5.41) is 11.6. The summed E-state index contributed by atoms with van der Waals surface area (Å²) in [6.45, 7) is 2.59. The third kappa shape index (κ3) is 6.54. The highest BCUT2D eigenvalue weighted by molar-refractivity contribution is 8.18. The van der Waals surface area contributed by atoms with E-state index in [1.807, 2.05) is 66.4 Å². The Labute approximate surface area is 237 Å². The first-order chi connectivity index (χ1) is 19.5. The highest BCUT2D eigenvalue weighted by atomic mass is 32.2. The van der Waals surface area contributed by atoms with Crippen molar-refractivity contribution < 1.29 is 19.2 Å². The van der Waals surface area contributed by atoms with Gasteiger partial charge in [0.25, 0.3) is 11.6 Å². The second-order valence-corrected chi connectivity index (χ2v) is 10.7. The minimum absolute atomic E-state index is 0.0111. The molecule has 1 aliphatic heterocycles. The molecule has 9 heteroatoms. The van der Waals surface area contributed by atoms with E-state index in [2.05, 4.69) is 0 Å². The van der Waals surface area contributed by atoms with Gasteiger partial charge >= 0.3 is 0 Å². The van der Waals surface area contributed by atoms with Crippen molar-refractivity contribution in [3.8, 4) is 11.5 Å². The predicted molar refractivity (Wildman–Crippen MR) is 158 cm³/mol. The molecule has 3 aromatic rings. The molecule has 0 spiro atoms. The standard InChI is InChI=1S/C31H31N3O5S/c1-2-38-28-19-23(15-18-27(28)39-21-22-13-16-26(17-14-22)34(36)37)20-29-30(35)33(25-11-7-4-8-12-25)31(40-29)32-24-9-5-3-6-10-24/h3,5-6,9-10,13-20,25H,2,4,7-8,11-12,21H2,1H3/b29-20-,32-31?. The molecule has 8 nitrogen and oxygen atoms in total. The lowest BCUT2D eigenvalue weighted by Crippen LogP contribution is -2.40. The largest absolute Gasteiger partial charge is 0.490 e. The van der Waals surface area contributed by atoms with Crippen LogP contribution in [0.25, 0.3) is 6.08 Å². The average Bonchev–Trinajstić information content (AvgIpc) is 3.27. The first-order valence-corrected chi connectivity index (χ1v) is 14.3. The molecule has 206 valence electrons. The third-order valence-electron chi connectivity index (χ3n) is 6.86. The summed E-state index contributed by atoms with van der Waals surface area (Å²) < 4.78 is 11.8. The van der Waals surface area contributed by atoms with E-state index in [4.69, 9.17) is 14.5 Å². The second-order valence-electron chi connectivity index (χ2n) is 9.66. The van der Waals surface area contributed by atoms with Gasteiger partial charge in [-0.05, 0) is 85.1 Å². The summed E-state index contributed by atoms with van der Waals surface area (Å²) in [4.78, 5) is 31.5. The van der Waals surface area contributed by atoms with Gasteiger partial charge in [0.2, 0.25) is 0 Å². The molecule has 1 heterocycles. The summed E-state index contributed by atoms with van der Waals surface area (Å²) in [7, 11) is 0. The minimum Gasteiger partial charge on any atom is -0.490 e. The second kappa shape index (κ2) is 12.8. The smallest absolute Gasteiger partial charge is 0.269 e. The number of thioether (sulfide) groups is 1. The van der Waals surface area contributed by atoms with Crippen LogP contribution < -0.4 is 9.47 Å². The van der Waals surface area contributed by atoms with Crippen LogP contribution in [0.15, 0.2) is 82.7 Å². The number of nitro groups is 1. The van der Waals surface area contributed by atoms with Gasteiger partial charge < -0.3 is 9.47 Å². The van der Waals surface area contributed by atoms with Crippen LogP contribution in [-0.4, -0.2) is 33.5 Å². The Balaban J connectivity index is 1.38. The molecule has 0 unspecified atom stereocenters. The Morgan fingerprint density at radius 3 is 2.45 bits per heavy atom. The Morgan fingerprint density at radius 2 is 1.75 bits per heavy atom. The van der Waals surface area contributed by atoms with E-state index in [9.17, 15) is 14.9 Å². The van der Waals surface area contributed by atoms with Crippen LogP contribution >= 0.6 is 11.8 Å². The van der Waals surface area contributed by atoms with Crippen LogP contribution in [0, 0.1) is 10.1 Å². The maximum Gasteiger partial charge on any atom is 0.269 e. The van der Waals surface area contributed by atoms with Crippen molar-refractivity contribution in [2.24, 2.45) is 4.99 Å². The molecule has 0 aromatic heterocycles. The zero-order chi connectivity index (χ0) is 27.9. The van der Waals surface area contributed by atoms with Gasteiger partial charge in [-0.3, -0.25) is 19.8 Å². The first kappa shape index (κ1) is 27.5. The Kier molecular flexibility index (Phi) is 8.81. The number of nitro benzene ring substituents is 1. The molecule has 3 aromatic carbocycles. The van der Waals surface area contributed by atoms with Crippen LogP contribution in [0.2, 0.25) is 0 Å². The van der Waals surface area contributed by atoms with E-state index in [1.54, 1.807) is 12.1 Å². The minimum atomic E-state index is -0.427. The highest BCUT2D eigenvalue weighted by Crippen LogP contribution is 2.39. The van der Waals surface area contributed by atoms with Gasteiger partial charge in [-0.2, -0.15) is 0 Å². The number of amides is 1. The maximum absolute atomic E-state index is 13.7. The predicted octanol–water partition coefficient (Wildman–Crippen LogP) is 7.51. The van der Waals surface area contributed by atoms with E-state index in [0.29, 0.717) is 23.0 Å². The van der Waals surface area contributed by atoms with E-state index in [-0.39, 0.29) is 24.2 Å². The van der Waals surface area contributed by atoms with Crippen molar-refractivity contribution in [2.45, 2.75) is 51.7 Å². The average molecular weight is 558 g/mol. The summed E-state index contributed by atoms with van der Waals surface area (Å²) in [5.74, 6) is 1.11. The molecule has 0 atom stereocenters. The number of aliphatic imine (C=N–C) groups is 1. The molecule has 0 N–H and O–H groups in total. The summed E-state index contributed by atoms with van der Waals surface area (Å²) in [6.07, 6.45) is 7.31. The fourth-order valence-corrected chi connectivity index (χ4v) is 5.93. The quantitative estimate of drug-likeness (QED) is 0.154. The van der Waals surface area contributed by atoms with Crippen LogP contribution in [0.1, 0.15) is 50.2 Å². The van der Waals surface area contributed by atoms with Gasteiger partial charge in [0.05, 0.1) is 22.1 Å². The Hall–Kier alpha value is -4.11. The van der Waals surface area contributed by atoms with Crippen molar-refractivity contribution in [2.75, 3.05) is 6.61 Å². The fourth-order valence-electron chi connectivity index (χ4n) is 4.87. The van der Waals surface area contributed by atoms with Crippen LogP contribution in [-0.2, 0) is 11.4 Å². The van der Waals surface area contributed by atoms with Gasteiger partial charge in [-0.1, -0.05) is 43.5 Å². The molecule has 2 fully saturated rings. The number of para-hydroxylation sites is 1. The molecule has 1 amide bonds. The lowest BCUT2D eigenvalue weighted by Gasteiger charge is -2.30. The molecular formula is C31H31N3O5S. The number of hydrogen-bond acceptors (Lipinski definition) is 7. The van der Waals surface area contributed by atoms with E-state index in [0.717, 1.165) is 47.7 Å². The maximum atomic E-state index is 13.7. The molecule has 0 bridgehead atoms. The van der Waals surface area contributed by atoms with Crippen molar-refractivity contribution in [3.63, 3.8) is 0 Å². The van der Waals surface area contributed by atoms with E-state index < -0.39 is 4.92 Å². The number of carbonyl (C=O) groups excluding carboxylic acids is 1. The lowest BCUT2D eigenvalue weighted by atomic mass is 9.94. The third-order valence-corrected chi connectivity index (χ3v) is 7.85. The number of ether oxygens (including phenoxy) is 2. The molecule has 1 saturated carbocycles. The van der Waals surface area contributed by atoms with Crippen LogP contribution in [0.3, 0.4) is 0 Å².